The van der Waals surface area contributed by atoms with Crippen molar-refractivity contribution < 1.29 is 14.3 Å². The fourth-order valence-electron chi connectivity index (χ4n) is 2.29. The molecule has 0 amide bonds. The summed E-state index contributed by atoms with van der Waals surface area (Å²) in [6.45, 7) is 2.00. The van der Waals surface area contributed by atoms with Crippen LogP contribution < -0.4 is 0 Å². The molecule has 1 unspecified atom stereocenters. The van der Waals surface area contributed by atoms with Crippen molar-refractivity contribution in [3.63, 3.8) is 0 Å². The van der Waals surface area contributed by atoms with E-state index in [9.17, 15) is 9.59 Å². The average molecular weight is 218 g/mol. The van der Waals surface area contributed by atoms with E-state index in [0.29, 0.717) is 6.42 Å². The van der Waals surface area contributed by atoms with Crippen LogP contribution in [0.1, 0.15) is 31.7 Å². The van der Waals surface area contributed by atoms with E-state index in [2.05, 4.69) is 0 Å². The lowest BCUT2D eigenvalue weighted by Crippen LogP contribution is -2.31. The van der Waals surface area contributed by atoms with Gasteiger partial charge in [0.25, 0.3) is 0 Å². The Kier molecular flexibility index (Phi) is 2.77. The predicted molar refractivity (Wildman–Crippen MR) is 58.7 cm³/mol. The minimum Gasteiger partial charge on any atom is -0.392 e. The molecule has 1 aliphatic rings. The molecule has 1 aliphatic heterocycles. The maximum absolute atomic E-state index is 11.9. The van der Waals surface area contributed by atoms with Crippen molar-refractivity contribution in [2.24, 2.45) is 0 Å². The average Bonchev–Trinajstić information content (AvgIpc) is 2.57. The van der Waals surface area contributed by atoms with E-state index in [1.165, 1.54) is 0 Å². The number of esters is 2. The number of ether oxygens (including phenoxy) is 1. The normalized spacial score (nSPS) is 24.6. The van der Waals surface area contributed by atoms with Gasteiger partial charge >= 0.3 is 11.9 Å². The van der Waals surface area contributed by atoms with Gasteiger partial charge in [0.1, 0.15) is 5.41 Å². The van der Waals surface area contributed by atoms with Crippen molar-refractivity contribution >= 4 is 11.9 Å². The Morgan fingerprint density at radius 2 is 1.94 bits per heavy atom. The van der Waals surface area contributed by atoms with E-state index in [1.54, 1.807) is 0 Å². The molecule has 0 N–H and O–H groups in total. The Labute approximate surface area is 94.4 Å². The third-order valence-corrected chi connectivity index (χ3v) is 3.05. The molecule has 3 heteroatoms. The Morgan fingerprint density at radius 1 is 1.25 bits per heavy atom. The van der Waals surface area contributed by atoms with Crippen molar-refractivity contribution in [1.29, 1.82) is 0 Å². The predicted octanol–water partition coefficient (Wildman–Crippen LogP) is 2.20. The largest absolute Gasteiger partial charge is 0.392 e. The Hall–Kier alpha value is -1.64. The van der Waals surface area contributed by atoms with Crippen LogP contribution in [-0.2, 0) is 19.7 Å². The van der Waals surface area contributed by atoms with Crippen LogP contribution in [0.5, 0.6) is 0 Å². The molecule has 1 aromatic rings. The van der Waals surface area contributed by atoms with Crippen LogP contribution in [0.25, 0.3) is 0 Å². The lowest BCUT2D eigenvalue weighted by atomic mass is 9.75. The minimum absolute atomic E-state index is 0.170. The molecule has 3 nitrogen and oxygen atoms in total. The first kappa shape index (κ1) is 10.9. The molecule has 1 atom stereocenters. The number of benzene rings is 1. The minimum atomic E-state index is -0.743. The maximum atomic E-state index is 11.9. The molecule has 0 aromatic heterocycles. The second-order valence-corrected chi connectivity index (χ2v) is 4.14. The molecule has 0 aliphatic carbocycles. The van der Waals surface area contributed by atoms with Crippen LogP contribution in [0, 0.1) is 0 Å². The van der Waals surface area contributed by atoms with Gasteiger partial charge in [0, 0.05) is 0 Å². The zero-order chi connectivity index (χ0) is 11.6. The van der Waals surface area contributed by atoms with Gasteiger partial charge in [-0.25, -0.2) is 0 Å². The number of carbonyl (C=O) groups excluding carboxylic acids is 2. The van der Waals surface area contributed by atoms with Gasteiger partial charge in [-0.15, -0.1) is 0 Å². The van der Waals surface area contributed by atoms with Gasteiger partial charge in [-0.3, -0.25) is 9.59 Å². The lowest BCUT2D eigenvalue weighted by molar-refractivity contribution is -0.153. The van der Waals surface area contributed by atoms with E-state index in [0.717, 1.165) is 12.0 Å². The fourth-order valence-corrected chi connectivity index (χ4v) is 2.29. The van der Waals surface area contributed by atoms with Gasteiger partial charge in [-0.1, -0.05) is 43.7 Å². The molecule has 0 saturated carbocycles. The van der Waals surface area contributed by atoms with E-state index in [1.807, 2.05) is 37.3 Å². The van der Waals surface area contributed by atoms with Crippen molar-refractivity contribution in [3.8, 4) is 0 Å². The lowest BCUT2D eigenvalue weighted by Gasteiger charge is -2.23. The summed E-state index contributed by atoms with van der Waals surface area (Å²) in [5.41, 5.74) is 0.139. The van der Waals surface area contributed by atoms with Gasteiger partial charge in [0.15, 0.2) is 0 Å². The molecule has 2 rings (SSSR count). The molecule has 84 valence electrons. The SMILES string of the molecule is CCCC1(c2ccccc2)CC(=O)OC1=O. The van der Waals surface area contributed by atoms with Crippen LogP contribution in [0.3, 0.4) is 0 Å². The number of carbonyl (C=O) groups is 2. The summed E-state index contributed by atoms with van der Waals surface area (Å²) < 4.78 is 4.71. The first-order valence-corrected chi connectivity index (χ1v) is 5.49. The number of cyclic esters (lactones) is 2. The van der Waals surface area contributed by atoms with Crippen molar-refractivity contribution in [1.82, 2.24) is 0 Å². The Morgan fingerprint density at radius 3 is 2.44 bits per heavy atom. The van der Waals surface area contributed by atoms with E-state index in [-0.39, 0.29) is 6.42 Å². The zero-order valence-corrected chi connectivity index (χ0v) is 9.23. The summed E-state index contributed by atoms with van der Waals surface area (Å²) in [5, 5.41) is 0. The summed E-state index contributed by atoms with van der Waals surface area (Å²) in [4.78, 5) is 23.1. The fraction of sp³-hybridized carbons (Fsp3) is 0.385. The van der Waals surface area contributed by atoms with Crippen molar-refractivity contribution in [2.45, 2.75) is 31.6 Å². The van der Waals surface area contributed by atoms with E-state index in [4.69, 9.17) is 4.74 Å². The molecule has 1 fully saturated rings. The summed E-state index contributed by atoms with van der Waals surface area (Å²) >= 11 is 0. The Bertz CT molecular complexity index is 410. The topological polar surface area (TPSA) is 43.4 Å². The van der Waals surface area contributed by atoms with Crippen LogP contribution >= 0.6 is 0 Å². The van der Waals surface area contributed by atoms with Crippen LogP contribution in [0.15, 0.2) is 30.3 Å². The molecule has 1 heterocycles. The summed E-state index contributed by atoms with van der Waals surface area (Å²) in [7, 11) is 0. The second kappa shape index (κ2) is 4.08. The van der Waals surface area contributed by atoms with Gasteiger partial charge in [0.2, 0.25) is 0 Å². The van der Waals surface area contributed by atoms with Crippen LogP contribution in [-0.4, -0.2) is 11.9 Å². The summed E-state index contributed by atoms with van der Waals surface area (Å²) in [6, 6.07) is 9.42. The third-order valence-electron chi connectivity index (χ3n) is 3.05. The molecule has 1 aromatic carbocycles. The number of rotatable bonds is 3. The van der Waals surface area contributed by atoms with Crippen LogP contribution in [0.2, 0.25) is 0 Å². The molecule has 16 heavy (non-hydrogen) atoms. The molecule has 0 bridgehead atoms. The van der Waals surface area contributed by atoms with Crippen molar-refractivity contribution in [2.75, 3.05) is 0 Å². The van der Waals surface area contributed by atoms with Gasteiger partial charge in [-0.05, 0) is 12.0 Å². The Balaban J connectivity index is 2.44. The molecule has 0 spiro atoms. The number of hydrogen-bond donors (Lipinski definition) is 0. The first-order chi connectivity index (χ1) is 7.69. The van der Waals surface area contributed by atoms with Gasteiger partial charge in [0.05, 0.1) is 6.42 Å². The highest BCUT2D eigenvalue weighted by molar-refractivity contribution is 6.01. The van der Waals surface area contributed by atoms with Gasteiger partial charge < -0.3 is 4.74 Å². The summed E-state index contributed by atoms with van der Waals surface area (Å²) in [6.07, 6.45) is 1.67. The smallest absolute Gasteiger partial charge is 0.324 e. The molecular formula is C13H14O3. The molecular weight excluding hydrogens is 204 g/mol. The first-order valence-electron chi connectivity index (χ1n) is 5.49. The van der Waals surface area contributed by atoms with Crippen molar-refractivity contribution in [3.05, 3.63) is 35.9 Å². The monoisotopic (exact) mass is 218 g/mol. The third kappa shape index (κ3) is 1.62. The highest BCUT2D eigenvalue weighted by Crippen LogP contribution is 2.39. The summed E-state index contributed by atoms with van der Waals surface area (Å²) in [5.74, 6) is -0.812. The van der Waals surface area contributed by atoms with E-state index < -0.39 is 17.4 Å². The highest BCUT2D eigenvalue weighted by atomic mass is 16.6. The van der Waals surface area contributed by atoms with Gasteiger partial charge in [-0.2, -0.15) is 0 Å². The zero-order valence-electron chi connectivity index (χ0n) is 9.23. The molecule has 0 radical (unpaired) electrons. The molecule has 1 saturated heterocycles. The second-order valence-electron chi connectivity index (χ2n) is 4.14. The quantitative estimate of drug-likeness (QED) is 0.577. The standard InChI is InChI=1S/C13H14O3/c1-2-8-13(9-11(14)16-12(13)15)10-6-4-3-5-7-10/h3-7H,2,8-9H2,1H3. The van der Waals surface area contributed by atoms with E-state index >= 15 is 0 Å². The van der Waals surface area contributed by atoms with Crippen LogP contribution in [0.4, 0.5) is 0 Å². The highest BCUT2D eigenvalue weighted by Gasteiger charge is 2.49. The number of hydrogen-bond acceptors (Lipinski definition) is 3. The maximum Gasteiger partial charge on any atom is 0.324 e.